The summed E-state index contributed by atoms with van der Waals surface area (Å²) in [6, 6.07) is 8.44. The molecule has 0 fully saturated rings. The van der Waals surface area contributed by atoms with Crippen LogP contribution in [0.2, 0.25) is 0 Å². The molecule has 0 saturated carbocycles. The Hall–Kier alpha value is -0.640. The van der Waals surface area contributed by atoms with E-state index < -0.39 is 0 Å². The van der Waals surface area contributed by atoms with Gasteiger partial charge in [-0.25, -0.2) is 0 Å². The number of thiophene rings is 2. The second-order valence-corrected chi connectivity index (χ2v) is 6.10. The molecule has 0 aliphatic heterocycles. The van der Waals surface area contributed by atoms with Crippen LogP contribution in [0.25, 0.3) is 0 Å². The van der Waals surface area contributed by atoms with Crippen LogP contribution in [0.15, 0.2) is 29.6 Å². The van der Waals surface area contributed by atoms with Gasteiger partial charge in [0.2, 0.25) is 0 Å². The molecule has 16 heavy (non-hydrogen) atoms. The highest BCUT2D eigenvalue weighted by Gasteiger charge is 2.09. The lowest BCUT2D eigenvalue weighted by Crippen LogP contribution is -1.92. The summed E-state index contributed by atoms with van der Waals surface area (Å²) in [5.74, 6) is 0. The van der Waals surface area contributed by atoms with Gasteiger partial charge in [0.25, 0.3) is 0 Å². The summed E-state index contributed by atoms with van der Waals surface area (Å²) < 4.78 is 0. The van der Waals surface area contributed by atoms with E-state index in [2.05, 4.69) is 36.6 Å². The summed E-state index contributed by atoms with van der Waals surface area (Å²) in [5.41, 5.74) is 0. The van der Waals surface area contributed by atoms with Crippen LogP contribution in [-0.4, -0.2) is 5.11 Å². The van der Waals surface area contributed by atoms with Gasteiger partial charge in [0.15, 0.2) is 0 Å². The normalized spacial score (nSPS) is 12.9. The van der Waals surface area contributed by atoms with Crippen LogP contribution < -0.4 is 0 Å². The number of hydrogen-bond donors (Lipinski definition) is 1. The monoisotopic (exact) mass is 252 g/mol. The first-order valence-electron chi connectivity index (χ1n) is 5.58. The average molecular weight is 252 g/mol. The van der Waals surface area contributed by atoms with Gasteiger partial charge in [-0.1, -0.05) is 19.4 Å². The summed E-state index contributed by atoms with van der Waals surface area (Å²) in [5, 5.41) is 12.0. The molecular formula is C13H16OS2. The fourth-order valence-electron chi connectivity index (χ4n) is 1.67. The molecule has 86 valence electrons. The third-order valence-corrected chi connectivity index (χ3v) is 4.56. The van der Waals surface area contributed by atoms with Crippen LogP contribution >= 0.6 is 22.7 Å². The quantitative estimate of drug-likeness (QED) is 0.844. The lowest BCUT2D eigenvalue weighted by Gasteiger charge is -2.05. The highest BCUT2D eigenvalue weighted by atomic mass is 32.1. The Morgan fingerprint density at radius 2 is 2.12 bits per heavy atom. The van der Waals surface area contributed by atoms with Gasteiger partial charge in [-0.05, 0) is 30.0 Å². The molecule has 1 N–H and O–H groups in total. The summed E-state index contributed by atoms with van der Waals surface area (Å²) in [7, 11) is 0. The molecule has 1 unspecified atom stereocenters. The zero-order chi connectivity index (χ0) is 11.4. The summed E-state index contributed by atoms with van der Waals surface area (Å²) in [6.07, 6.45) is 2.62. The van der Waals surface area contributed by atoms with Crippen molar-refractivity contribution in [1.29, 1.82) is 0 Å². The lowest BCUT2D eigenvalue weighted by atomic mass is 10.2. The van der Waals surface area contributed by atoms with E-state index in [4.69, 9.17) is 0 Å². The fraction of sp³-hybridized carbons (Fsp3) is 0.385. The molecule has 2 aromatic heterocycles. The summed E-state index contributed by atoms with van der Waals surface area (Å²) in [6.45, 7) is 2.10. The first-order valence-corrected chi connectivity index (χ1v) is 7.28. The van der Waals surface area contributed by atoms with Crippen molar-refractivity contribution in [3.8, 4) is 0 Å². The molecule has 0 amide bonds. The second-order valence-electron chi connectivity index (χ2n) is 3.86. The van der Waals surface area contributed by atoms with Crippen molar-refractivity contribution >= 4 is 22.7 Å². The molecule has 0 spiro atoms. The van der Waals surface area contributed by atoms with Crippen LogP contribution in [0.1, 0.15) is 40.5 Å². The Balaban J connectivity index is 2.02. The largest absolute Gasteiger partial charge is 0.388 e. The van der Waals surface area contributed by atoms with E-state index in [1.807, 2.05) is 0 Å². The Kier molecular flexibility index (Phi) is 4.16. The minimum Gasteiger partial charge on any atom is -0.388 e. The van der Waals surface area contributed by atoms with Crippen molar-refractivity contribution in [1.82, 2.24) is 0 Å². The molecule has 0 aliphatic rings. The standard InChI is InChI=1S/C13H16OS2/c1-2-4-12(14)13-7-6-11(16-13)9-10-5-3-8-15-10/h3,5-8,12,14H,2,4,9H2,1H3. The molecule has 0 radical (unpaired) electrons. The predicted octanol–water partition coefficient (Wildman–Crippen LogP) is 4.23. The van der Waals surface area contributed by atoms with Crippen LogP contribution in [0.5, 0.6) is 0 Å². The van der Waals surface area contributed by atoms with Crippen LogP contribution in [0.3, 0.4) is 0 Å². The van der Waals surface area contributed by atoms with Gasteiger partial charge >= 0.3 is 0 Å². The Bertz CT molecular complexity index is 417. The highest BCUT2D eigenvalue weighted by Crippen LogP contribution is 2.28. The maximum atomic E-state index is 9.87. The molecule has 2 rings (SSSR count). The van der Waals surface area contributed by atoms with E-state index in [0.29, 0.717) is 0 Å². The molecule has 3 heteroatoms. The van der Waals surface area contributed by atoms with Gasteiger partial charge in [-0.3, -0.25) is 0 Å². The number of rotatable bonds is 5. The minimum atomic E-state index is -0.271. The molecule has 0 aliphatic carbocycles. The minimum absolute atomic E-state index is 0.271. The Morgan fingerprint density at radius 3 is 2.81 bits per heavy atom. The van der Waals surface area contributed by atoms with Gasteiger partial charge in [0, 0.05) is 21.1 Å². The average Bonchev–Trinajstić information content (AvgIpc) is 2.90. The van der Waals surface area contributed by atoms with E-state index in [1.165, 1.54) is 9.75 Å². The van der Waals surface area contributed by atoms with E-state index >= 15 is 0 Å². The zero-order valence-electron chi connectivity index (χ0n) is 9.35. The SMILES string of the molecule is CCCC(O)c1ccc(Cc2cccs2)s1. The molecular weight excluding hydrogens is 236 g/mol. The van der Waals surface area contributed by atoms with Crippen molar-refractivity contribution in [2.75, 3.05) is 0 Å². The molecule has 1 atom stereocenters. The van der Waals surface area contributed by atoms with Crippen LogP contribution in [0, 0.1) is 0 Å². The maximum Gasteiger partial charge on any atom is 0.0882 e. The van der Waals surface area contributed by atoms with Crippen molar-refractivity contribution in [3.63, 3.8) is 0 Å². The van der Waals surface area contributed by atoms with Gasteiger partial charge in [0.1, 0.15) is 0 Å². The van der Waals surface area contributed by atoms with Crippen molar-refractivity contribution < 1.29 is 5.11 Å². The fourth-order valence-corrected chi connectivity index (χ4v) is 3.54. The van der Waals surface area contributed by atoms with Crippen molar-refractivity contribution in [2.24, 2.45) is 0 Å². The van der Waals surface area contributed by atoms with E-state index in [9.17, 15) is 5.11 Å². The Morgan fingerprint density at radius 1 is 1.25 bits per heavy atom. The van der Waals surface area contributed by atoms with Crippen LogP contribution in [-0.2, 0) is 6.42 Å². The molecule has 0 aromatic carbocycles. The first-order chi connectivity index (χ1) is 7.79. The summed E-state index contributed by atoms with van der Waals surface area (Å²) in [4.78, 5) is 3.83. The van der Waals surface area contributed by atoms with E-state index in [-0.39, 0.29) is 6.10 Å². The lowest BCUT2D eigenvalue weighted by molar-refractivity contribution is 0.170. The van der Waals surface area contributed by atoms with E-state index in [0.717, 1.165) is 24.1 Å². The molecule has 0 bridgehead atoms. The third kappa shape index (κ3) is 2.94. The smallest absolute Gasteiger partial charge is 0.0882 e. The summed E-state index contributed by atoms with van der Waals surface area (Å²) >= 11 is 3.53. The van der Waals surface area contributed by atoms with Gasteiger partial charge in [-0.2, -0.15) is 0 Å². The van der Waals surface area contributed by atoms with Gasteiger partial charge in [0.05, 0.1) is 6.10 Å². The maximum absolute atomic E-state index is 9.87. The number of aliphatic hydroxyl groups is 1. The zero-order valence-corrected chi connectivity index (χ0v) is 11.0. The molecule has 0 saturated heterocycles. The van der Waals surface area contributed by atoms with Gasteiger partial charge < -0.3 is 5.11 Å². The van der Waals surface area contributed by atoms with Crippen LogP contribution in [0.4, 0.5) is 0 Å². The highest BCUT2D eigenvalue weighted by molar-refractivity contribution is 7.12. The predicted molar refractivity (Wildman–Crippen MR) is 71.3 cm³/mol. The molecule has 2 aromatic rings. The van der Waals surface area contributed by atoms with Crippen molar-refractivity contribution in [2.45, 2.75) is 32.3 Å². The van der Waals surface area contributed by atoms with Gasteiger partial charge in [-0.15, -0.1) is 22.7 Å². The number of aliphatic hydroxyl groups excluding tert-OH is 1. The Labute approximate surface area is 104 Å². The topological polar surface area (TPSA) is 20.2 Å². The van der Waals surface area contributed by atoms with E-state index in [1.54, 1.807) is 22.7 Å². The van der Waals surface area contributed by atoms with Crippen molar-refractivity contribution in [3.05, 3.63) is 44.3 Å². The number of hydrogen-bond acceptors (Lipinski definition) is 3. The second kappa shape index (κ2) is 5.62. The molecule has 1 nitrogen and oxygen atoms in total. The first kappa shape index (κ1) is 11.8. The molecule has 2 heterocycles. The third-order valence-electron chi connectivity index (χ3n) is 2.50.